The normalized spacial score (nSPS) is 12.2. The van der Waals surface area contributed by atoms with Crippen molar-refractivity contribution in [3.8, 4) is 23.0 Å². The number of nitrogens with one attached hydrogen (secondary N) is 1. The van der Waals surface area contributed by atoms with Gasteiger partial charge in [-0.05, 0) is 24.3 Å². The minimum atomic E-state index is -0.835. The number of aromatic hydroxyl groups is 1. The van der Waals surface area contributed by atoms with Crippen molar-refractivity contribution in [1.82, 2.24) is 0 Å². The number of benzene rings is 2. The highest BCUT2D eigenvalue weighted by atomic mass is 16.6. The van der Waals surface area contributed by atoms with Gasteiger partial charge in [0.05, 0.1) is 7.11 Å². The van der Waals surface area contributed by atoms with E-state index in [1.165, 1.54) is 25.3 Å². The van der Waals surface area contributed by atoms with Crippen molar-refractivity contribution in [3.63, 3.8) is 0 Å². The molecule has 0 atom stereocenters. The summed E-state index contributed by atoms with van der Waals surface area (Å²) in [4.78, 5) is 24.0. The van der Waals surface area contributed by atoms with Gasteiger partial charge in [0.15, 0.2) is 29.6 Å². The third-order valence-corrected chi connectivity index (χ3v) is 3.60. The number of hydrogen-bond donors (Lipinski definition) is 2. The molecule has 0 radical (unpaired) electrons. The predicted octanol–water partition coefficient (Wildman–Crippen LogP) is 1.97. The first-order chi connectivity index (χ1) is 12.6. The molecule has 0 aliphatic carbocycles. The van der Waals surface area contributed by atoms with Crippen LogP contribution >= 0.6 is 0 Å². The molecule has 136 valence electrons. The molecular formula is C18H17NO7. The molecule has 1 heterocycles. The van der Waals surface area contributed by atoms with Crippen LogP contribution in [0.15, 0.2) is 36.4 Å². The Bertz CT molecular complexity index is 834. The molecule has 0 aromatic heterocycles. The molecule has 1 aliphatic heterocycles. The van der Waals surface area contributed by atoms with Crippen LogP contribution in [-0.4, -0.2) is 43.9 Å². The summed E-state index contributed by atoms with van der Waals surface area (Å²) in [5, 5.41) is 12.5. The van der Waals surface area contributed by atoms with Gasteiger partial charge < -0.3 is 29.4 Å². The van der Waals surface area contributed by atoms with E-state index in [9.17, 15) is 14.7 Å². The molecule has 26 heavy (non-hydrogen) atoms. The van der Waals surface area contributed by atoms with Crippen LogP contribution < -0.4 is 19.5 Å². The van der Waals surface area contributed by atoms with E-state index in [4.69, 9.17) is 18.9 Å². The molecule has 2 aromatic rings. The summed E-state index contributed by atoms with van der Waals surface area (Å²) in [6.45, 7) is 0.405. The number of methoxy groups -OCH3 is 1. The largest absolute Gasteiger partial charge is 0.504 e. The Labute approximate surface area is 149 Å². The lowest BCUT2D eigenvalue weighted by atomic mass is 10.2. The quantitative estimate of drug-likeness (QED) is 0.787. The number of fused-ring (bicyclic) bond motifs is 1. The molecule has 1 amide bonds. The maximum absolute atomic E-state index is 12.0. The van der Waals surface area contributed by atoms with Gasteiger partial charge in [0.2, 0.25) is 0 Å². The van der Waals surface area contributed by atoms with E-state index in [0.717, 1.165) is 0 Å². The summed E-state index contributed by atoms with van der Waals surface area (Å²) in [5.74, 6) is -0.426. The zero-order chi connectivity index (χ0) is 18.5. The van der Waals surface area contributed by atoms with Crippen molar-refractivity contribution in [2.75, 3.05) is 32.2 Å². The zero-order valence-corrected chi connectivity index (χ0v) is 14.0. The maximum Gasteiger partial charge on any atom is 0.342 e. The average molecular weight is 359 g/mol. The van der Waals surface area contributed by atoms with Crippen LogP contribution in [-0.2, 0) is 9.53 Å². The van der Waals surface area contributed by atoms with Gasteiger partial charge in [0, 0.05) is 11.8 Å². The third kappa shape index (κ3) is 3.80. The fraction of sp³-hybridized carbons (Fsp3) is 0.222. The minimum Gasteiger partial charge on any atom is -0.504 e. The van der Waals surface area contributed by atoms with Crippen molar-refractivity contribution in [2.45, 2.75) is 0 Å². The van der Waals surface area contributed by atoms with Gasteiger partial charge in [-0.15, -0.1) is 0 Å². The van der Waals surface area contributed by atoms with E-state index in [0.29, 0.717) is 30.4 Å². The lowest BCUT2D eigenvalue weighted by Crippen LogP contribution is -2.21. The number of phenols is 1. The van der Waals surface area contributed by atoms with E-state index in [1.54, 1.807) is 18.2 Å². The van der Waals surface area contributed by atoms with E-state index in [2.05, 4.69) is 5.32 Å². The molecule has 0 fully saturated rings. The van der Waals surface area contributed by atoms with E-state index >= 15 is 0 Å². The number of esters is 1. The standard InChI is InChI=1S/C18H17NO7/c1-23-14-4-2-3-12(17(14)21)18(22)26-10-16(20)19-11-5-6-13-15(9-11)25-8-7-24-13/h2-6,9,21H,7-8,10H2,1H3,(H,19,20). The highest BCUT2D eigenvalue weighted by molar-refractivity contribution is 5.97. The number of anilines is 1. The maximum atomic E-state index is 12.0. The molecule has 8 heteroatoms. The van der Waals surface area contributed by atoms with Gasteiger partial charge in [-0.2, -0.15) is 0 Å². The van der Waals surface area contributed by atoms with Crippen molar-refractivity contribution in [3.05, 3.63) is 42.0 Å². The highest BCUT2D eigenvalue weighted by Crippen LogP contribution is 2.32. The van der Waals surface area contributed by atoms with Crippen LogP contribution in [0.4, 0.5) is 5.69 Å². The Balaban J connectivity index is 1.58. The topological polar surface area (TPSA) is 103 Å². The van der Waals surface area contributed by atoms with Crippen LogP contribution in [0.2, 0.25) is 0 Å². The summed E-state index contributed by atoms with van der Waals surface area (Å²) in [5.41, 5.74) is 0.399. The van der Waals surface area contributed by atoms with Crippen LogP contribution in [0.3, 0.4) is 0 Å². The van der Waals surface area contributed by atoms with Gasteiger partial charge in [0.1, 0.15) is 18.8 Å². The summed E-state index contributed by atoms with van der Waals surface area (Å²) in [6.07, 6.45) is 0. The second kappa shape index (κ2) is 7.64. The number of rotatable bonds is 5. The van der Waals surface area contributed by atoms with Gasteiger partial charge >= 0.3 is 5.97 Å². The first kappa shape index (κ1) is 17.4. The molecule has 0 spiro atoms. The SMILES string of the molecule is COc1cccc(C(=O)OCC(=O)Nc2ccc3c(c2)OCCO3)c1O. The number of carbonyl (C=O) groups excluding carboxylic acids is 2. The molecular weight excluding hydrogens is 342 g/mol. The molecule has 8 nitrogen and oxygen atoms in total. The average Bonchev–Trinajstić information content (AvgIpc) is 2.66. The first-order valence-corrected chi connectivity index (χ1v) is 7.81. The van der Waals surface area contributed by atoms with Crippen LogP contribution in [0.25, 0.3) is 0 Å². The molecule has 0 unspecified atom stereocenters. The molecule has 2 aromatic carbocycles. The highest BCUT2D eigenvalue weighted by Gasteiger charge is 2.18. The van der Waals surface area contributed by atoms with Gasteiger partial charge in [0.25, 0.3) is 5.91 Å². The van der Waals surface area contributed by atoms with Crippen molar-refractivity contribution in [2.24, 2.45) is 0 Å². The van der Waals surface area contributed by atoms with Crippen LogP contribution in [0.1, 0.15) is 10.4 Å². The van der Waals surface area contributed by atoms with Gasteiger partial charge in [-0.1, -0.05) is 6.07 Å². The molecule has 3 rings (SSSR count). The summed E-state index contributed by atoms with van der Waals surface area (Å²) in [7, 11) is 1.37. The Morgan fingerprint density at radius 2 is 1.92 bits per heavy atom. The van der Waals surface area contributed by atoms with Crippen molar-refractivity contribution in [1.29, 1.82) is 0 Å². The molecule has 0 saturated heterocycles. The monoisotopic (exact) mass is 359 g/mol. The van der Waals surface area contributed by atoms with Crippen molar-refractivity contribution >= 4 is 17.6 Å². The minimum absolute atomic E-state index is 0.0866. The Kier molecular flexibility index (Phi) is 5.12. The number of amides is 1. The smallest absolute Gasteiger partial charge is 0.342 e. The summed E-state index contributed by atoms with van der Waals surface area (Å²) >= 11 is 0. The Hall–Kier alpha value is -3.42. The summed E-state index contributed by atoms with van der Waals surface area (Å²) < 4.78 is 20.7. The molecule has 2 N–H and O–H groups in total. The second-order valence-electron chi connectivity index (χ2n) is 5.34. The molecule has 0 saturated carbocycles. The number of para-hydroxylation sites is 1. The van der Waals surface area contributed by atoms with Gasteiger partial charge in [-0.25, -0.2) is 4.79 Å². The number of hydrogen-bond acceptors (Lipinski definition) is 7. The fourth-order valence-electron chi connectivity index (χ4n) is 2.38. The Morgan fingerprint density at radius 3 is 2.69 bits per heavy atom. The summed E-state index contributed by atoms with van der Waals surface area (Å²) in [6, 6.07) is 9.37. The third-order valence-electron chi connectivity index (χ3n) is 3.60. The van der Waals surface area contributed by atoms with E-state index < -0.39 is 18.5 Å². The zero-order valence-electron chi connectivity index (χ0n) is 14.0. The first-order valence-electron chi connectivity index (χ1n) is 7.81. The lowest BCUT2D eigenvalue weighted by Gasteiger charge is -2.19. The fourth-order valence-corrected chi connectivity index (χ4v) is 2.38. The van der Waals surface area contributed by atoms with Gasteiger partial charge in [-0.3, -0.25) is 4.79 Å². The molecule has 0 bridgehead atoms. The van der Waals surface area contributed by atoms with E-state index in [1.807, 2.05) is 0 Å². The second-order valence-corrected chi connectivity index (χ2v) is 5.34. The van der Waals surface area contributed by atoms with Crippen LogP contribution in [0, 0.1) is 0 Å². The number of phenolic OH excluding ortho intramolecular Hbond substituents is 1. The van der Waals surface area contributed by atoms with Crippen LogP contribution in [0.5, 0.6) is 23.0 Å². The van der Waals surface area contributed by atoms with E-state index in [-0.39, 0.29) is 17.1 Å². The lowest BCUT2D eigenvalue weighted by molar-refractivity contribution is -0.119. The van der Waals surface area contributed by atoms with Crippen molar-refractivity contribution < 1.29 is 33.6 Å². The number of carbonyl (C=O) groups is 2. The molecule has 1 aliphatic rings. The Morgan fingerprint density at radius 1 is 1.15 bits per heavy atom. The number of ether oxygens (including phenoxy) is 4. The predicted molar refractivity (Wildman–Crippen MR) is 91.0 cm³/mol.